The fraction of sp³-hybridized carbons (Fsp3) is 0.303. The van der Waals surface area contributed by atoms with E-state index in [4.69, 9.17) is 14.2 Å². The van der Waals surface area contributed by atoms with Crippen LogP contribution in [0.25, 0.3) is 16.0 Å². The number of thiazole rings is 1. The number of aliphatic hydroxyl groups is 1. The van der Waals surface area contributed by atoms with Crippen LogP contribution in [0.1, 0.15) is 56.3 Å². The molecular formula is C33H31FN2O6S. The summed E-state index contributed by atoms with van der Waals surface area (Å²) in [5.74, 6) is -0.707. The zero-order valence-corrected chi connectivity index (χ0v) is 24.9. The van der Waals surface area contributed by atoms with Crippen LogP contribution in [0.5, 0.6) is 17.2 Å². The highest BCUT2D eigenvalue weighted by Crippen LogP contribution is 2.46. The van der Waals surface area contributed by atoms with E-state index in [2.05, 4.69) is 11.9 Å². The highest BCUT2D eigenvalue weighted by Gasteiger charge is 2.48. The molecule has 4 aromatic rings. The summed E-state index contributed by atoms with van der Waals surface area (Å²) in [6, 6.07) is 13.6. The largest absolute Gasteiger partial charge is 0.507 e. The molecule has 2 aliphatic heterocycles. The first-order valence-corrected chi connectivity index (χ1v) is 15.2. The van der Waals surface area contributed by atoms with E-state index in [0.717, 1.165) is 35.5 Å². The molecule has 6 rings (SSSR count). The second kappa shape index (κ2) is 11.7. The van der Waals surface area contributed by atoms with Gasteiger partial charge in [0, 0.05) is 12.0 Å². The van der Waals surface area contributed by atoms with Crippen molar-refractivity contribution in [3.8, 4) is 17.2 Å². The summed E-state index contributed by atoms with van der Waals surface area (Å²) < 4.78 is 32.2. The minimum atomic E-state index is -1.03. The van der Waals surface area contributed by atoms with E-state index in [9.17, 15) is 19.1 Å². The number of aliphatic hydroxyl groups excluding tert-OH is 1. The minimum Gasteiger partial charge on any atom is -0.507 e. The third kappa shape index (κ3) is 5.31. The Bertz CT molecular complexity index is 1770. The molecule has 0 bridgehead atoms. The van der Waals surface area contributed by atoms with Gasteiger partial charge in [-0.2, -0.15) is 0 Å². The van der Waals surface area contributed by atoms with E-state index in [-0.39, 0.29) is 22.6 Å². The number of unbranched alkanes of at least 4 members (excludes halogenated alkanes) is 1. The van der Waals surface area contributed by atoms with E-state index >= 15 is 0 Å². The number of nitrogens with zero attached hydrogens (tertiary/aromatic N) is 2. The SMILES string of the molecule is CCCCOc1ccc(C2C(=C(O)c3ccc4c(c3)CC(C)O4)C(=O)C(=O)N2c2nc3ccc(F)cc3s2)cc1OCC. The maximum atomic E-state index is 14.0. The molecule has 1 N–H and O–H groups in total. The number of carbonyl (C=O) groups excluding carboxylic acids is 2. The van der Waals surface area contributed by atoms with Crippen LogP contribution < -0.4 is 19.1 Å². The summed E-state index contributed by atoms with van der Waals surface area (Å²) in [4.78, 5) is 33.3. The first kappa shape index (κ1) is 28.7. The molecule has 1 fully saturated rings. The molecule has 2 unspecified atom stereocenters. The Morgan fingerprint density at radius 3 is 2.72 bits per heavy atom. The van der Waals surface area contributed by atoms with Crippen molar-refractivity contribution < 1.29 is 33.3 Å². The van der Waals surface area contributed by atoms with Crippen molar-refractivity contribution >= 4 is 44.1 Å². The average Bonchev–Trinajstić information content (AvgIpc) is 3.65. The molecule has 0 aliphatic carbocycles. The minimum absolute atomic E-state index is 0.00288. The maximum absolute atomic E-state index is 14.0. The lowest BCUT2D eigenvalue weighted by atomic mass is 9.94. The summed E-state index contributed by atoms with van der Waals surface area (Å²) in [6.45, 7) is 6.77. The molecule has 10 heteroatoms. The van der Waals surface area contributed by atoms with Crippen molar-refractivity contribution in [2.24, 2.45) is 0 Å². The molecule has 2 aliphatic rings. The first-order chi connectivity index (χ1) is 20.8. The highest BCUT2D eigenvalue weighted by molar-refractivity contribution is 7.22. The normalized spacial score (nSPS) is 19.1. The third-order valence-corrected chi connectivity index (χ3v) is 8.52. The molecule has 0 saturated carbocycles. The van der Waals surface area contributed by atoms with Crippen LogP contribution in [0.3, 0.4) is 0 Å². The van der Waals surface area contributed by atoms with E-state index in [0.29, 0.717) is 52.5 Å². The highest BCUT2D eigenvalue weighted by atomic mass is 32.1. The topological polar surface area (TPSA) is 98.2 Å². The van der Waals surface area contributed by atoms with Gasteiger partial charge in [0.05, 0.1) is 35.0 Å². The van der Waals surface area contributed by atoms with Gasteiger partial charge in [0.25, 0.3) is 5.78 Å². The van der Waals surface area contributed by atoms with Gasteiger partial charge in [-0.1, -0.05) is 30.7 Å². The number of aromatic nitrogens is 1. The fourth-order valence-corrected chi connectivity index (χ4v) is 6.49. The van der Waals surface area contributed by atoms with Crippen molar-refractivity contribution in [3.05, 3.63) is 82.7 Å². The number of amides is 1. The quantitative estimate of drug-likeness (QED) is 0.0957. The fourth-order valence-electron chi connectivity index (χ4n) is 5.47. The standard InChI is InChI=1S/C33H31FN2O6S/c1-4-6-13-41-25-12-7-19(16-26(25)40-5-2)29-28(30(37)20-8-11-24-21(15-20)14-18(3)42-24)31(38)32(39)36(29)33-35-23-10-9-22(34)17-27(23)43-33/h7-12,15-18,29,37H,4-6,13-14H2,1-3H3. The predicted octanol–water partition coefficient (Wildman–Crippen LogP) is 6.96. The number of ether oxygens (including phenoxy) is 3. The molecule has 1 aromatic heterocycles. The Morgan fingerprint density at radius 2 is 1.93 bits per heavy atom. The van der Waals surface area contributed by atoms with Gasteiger partial charge in [0.2, 0.25) is 0 Å². The molecule has 0 radical (unpaired) electrons. The van der Waals surface area contributed by atoms with E-state index in [1.807, 2.05) is 13.8 Å². The zero-order chi connectivity index (χ0) is 30.2. The maximum Gasteiger partial charge on any atom is 0.301 e. The monoisotopic (exact) mass is 602 g/mol. The lowest BCUT2D eigenvalue weighted by molar-refractivity contribution is -0.132. The Balaban J connectivity index is 1.51. The molecule has 1 saturated heterocycles. The van der Waals surface area contributed by atoms with Crippen molar-refractivity contribution in [2.45, 2.75) is 52.2 Å². The van der Waals surface area contributed by atoms with Gasteiger partial charge in [0.1, 0.15) is 23.4 Å². The van der Waals surface area contributed by atoms with Gasteiger partial charge in [-0.05, 0) is 79.9 Å². The number of hydrogen-bond acceptors (Lipinski definition) is 8. The number of halogens is 1. The summed E-state index contributed by atoms with van der Waals surface area (Å²) >= 11 is 1.10. The Hall–Kier alpha value is -4.44. The van der Waals surface area contributed by atoms with Crippen LogP contribution in [0.4, 0.5) is 9.52 Å². The molecule has 3 aromatic carbocycles. The number of fused-ring (bicyclic) bond motifs is 2. The van der Waals surface area contributed by atoms with Gasteiger partial charge in [-0.3, -0.25) is 14.5 Å². The molecule has 3 heterocycles. The number of Topliss-reactive ketones (excluding diaryl/α,β-unsaturated/α-hetero) is 1. The summed E-state index contributed by atoms with van der Waals surface area (Å²) in [6.07, 6.45) is 2.50. The Labute approximate surface area is 252 Å². The van der Waals surface area contributed by atoms with Crippen LogP contribution in [0.15, 0.2) is 60.2 Å². The summed E-state index contributed by atoms with van der Waals surface area (Å²) in [5, 5.41) is 11.9. The van der Waals surface area contributed by atoms with Gasteiger partial charge in [0.15, 0.2) is 16.6 Å². The van der Waals surface area contributed by atoms with E-state index in [1.54, 1.807) is 36.4 Å². The average molecular weight is 603 g/mol. The number of anilines is 1. The number of benzene rings is 3. The van der Waals surface area contributed by atoms with Crippen LogP contribution in [0, 0.1) is 5.82 Å². The molecule has 2 atom stereocenters. The molecule has 8 nitrogen and oxygen atoms in total. The molecular weight excluding hydrogens is 571 g/mol. The number of carbonyl (C=O) groups is 2. The van der Waals surface area contributed by atoms with Crippen LogP contribution in [-0.2, 0) is 16.0 Å². The van der Waals surface area contributed by atoms with E-state index < -0.39 is 23.5 Å². The van der Waals surface area contributed by atoms with Gasteiger partial charge < -0.3 is 19.3 Å². The Morgan fingerprint density at radius 1 is 1.09 bits per heavy atom. The van der Waals surface area contributed by atoms with Crippen LogP contribution >= 0.6 is 11.3 Å². The predicted molar refractivity (Wildman–Crippen MR) is 163 cm³/mol. The number of hydrogen-bond donors (Lipinski definition) is 1. The van der Waals surface area contributed by atoms with Crippen LogP contribution in [0.2, 0.25) is 0 Å². The molecule has 0 spiro atoms. The lowest BCUT2D eigenvalue weighted by Crippen LogP contribution is -2.29. The van der Waals surface area contributed by atoms with E-state index in [1.165, 1.54) is 23.1 Å². The first-order valence-electron chi connectivity index (χ1n) is 14.4. The van der Waals surface area contributed by atoms with Crippen LogP contribution in [-0.4, -0.2) is 41.1 Å². The lowest BCUT2D eigenvalue weighted by Gasteiger charge is -2.24. The van der Waals surface area contributed by atoms with Crippen molar-refractivity contribution in [1.82, 2.24) is 4.98 Å². The number of ketones is 1. The third-order valence-electron chi connectivity index (χ3n) is 7.50. The summed E-state index contributed by atoms with van der Waals surface area (Å²) in [7, 11) is 0. The molecule has 43 heavy (non-hydrogen) atoms. The van der Waals surface area contributed by atoms with Gasteiger partial charge >= 0.3 is 5.91 Å². The molecule has 1 amide bonds. The Kier molecular flexibility index (Phi) is 7.79. The van der Waals surface area contributed by atoms with Crippen molar-refractivity contribution in [3.63, 3.8) is 0 Å². The molecule has 222 valence electrons. The summed E-state index contributed by atoms with van der Waals surface area (Å²) in [5.41, 5.74) is 2.24. The van der Waals surface area contributed by atoms with Crippen molar-refractivity contribution in [1.29, 1.82) is 0 Å². The van der Waals surface area contributed by atoms with Gasteiger partial charge in [-0.25, -0.2) is 9.37 Å². The zero-order valence-electron chi connectivity index (χ0n) is 24.1. The van der Waals surface area contributed by atoms with Gasteiger partial charge in [-0.15, -0.1) is 0 Å². The van der Waals surface area contributed by atoms with Crippen molar-refractivity contribution in [2.75, 3.05) is 18.1 Å². The smallest absolute Gasteiger partial charge is 0.301 e. The second-order valence-corrected chi connectivity index (χ2v) is 11.6. The number of rotatable bonds is 9. The second-order valence-electron chi connectivity index (χ2n) is 10.6.